The molecule has 0 spiro atoms. The first-order valence-corrected chi connectivity index (χ1v) is 7.34. The minimum absolute atomic E-state index is 0.348. The predicted octanol–water partition coefficient (Wildman–Crippen LogP) is 3.62. The monoisotopic (exact) mass is 288 g/mol. The molecular weight excluding hydrogens is 267 g/mol. The SMILES string of the molecule is CC1(C)OB(C2=C(C3=COC=CO3)CCC=C2)OC1(C)C. The zero-order valence-corrected chi connectivity index (χ0v) is 13.0. The Kier molecular flexibility index (Phi) is 3.50. The summed E-state index contributed by atoms with van der Waals surface area (Å²) >= 11 is 0. The molecule has 1 aliphatic carbocycles. The first-order chi connectivity index (χ1) is 9.91. The highest BCUT2D eigenvalue weighted by Gasteiger charge is 2.52. The van der Waals surface area contributed by atoms with Crippen LogP contribution in [-0.4, -0.2) is 18.3 Å². The number of hydrogen-bond acceptors (Lipinski definition) is 4. The van der Waals surface area contributed by atoms with E-state index in [1.807, 2.05) is 0 Å². The molecule has 21 heavy (non-hydrogen) atoms. The van der Waals surface area contributed by atoms with E-state index in [1.54, 1.807) is 12.5 Å². The lowest BCUT2D eigenvalue weighted by Gasteiger charge is -2.32. The molecule has 2 aliphatic heterocycles. The van der Waals surface area contributed by atoms with Gasteiger partial charge in [-0.1, -0.05) is 12.2 Å². The quantitative estimate of drug-likeness (QED) is 0.727. The molecule has 0 amide bonds. The molecule has 0 aromatic carbocycles. The topological polar surface area (TPSA) is 36.9 Å². The summed E-state index contributed by atoms with van der Waals surface area (Å²) in [7, 11) is -0.378. The van der Waals surface area contributed by atoms with E-state index in [-0.39, 0.29) is 18.3 Å². The Morgan fingerprint density at radius 3 is 2.38 bits per heavy atom. The van der Waals surface area contributed by atoms with Gasteiger partial charge in [0.15, 0.2) is 5.76 Å². The summed E-state index contributed by atoms with van der Waals surface area (Å²) in [6.45, 7) is 8.23. The van der Waals surface area contributed by atoms with Crippen molar-refractivity contribution in [3.05, 3.63) is 47.7 Å². The van der Waals surface area contributed by atoms with E-state index in [9.17, 15) is 0 Å². The number of rotatable bonds is 2. The van der Waals surface area contributed by atoms with E-state index in [0.717, 1.165) is 29.6 Å². The van der Waals surface area contributed by atoms with Gasteiger partial charge in [-0.2, -0.15) is 0 Å². The molecular formula is C16H21BO4. The van der Waals surface area contributed by atoms with Crippen LogP contribution in [0.3, 0.4) is 0 Å². The van der Waals surface area contributed by atoms with E-state index in [1.165, 1.54) is 6.26 Å². The van der Waals surface area contributed by atoms with Crippen molar-refractivity contribution in [2.75, 3.05) is 0 Å². The van der Waals surface area contributed by atoms with Crippen molar-refractivity contribution in [2.45, 2.75) is 51.7 Å². The first-order valence-electron chi connectivity index (χ1n) is 7.34. The minimum atomic E-state index is -0.378. The third-order valence-corrected chi connectivity index (χ3v) is 4.52. The van der Waals surface area contributed by atoms with E-state index in [4.69, 9.17) is 18.8 Å². The van der Waals surface area contributed by atoms with Gasteiger partial charge < -0.3 is 18.8 Å². The summed E-state index contributed by atoms with van der Waals surface area (Å²) in [5.74, 6) is 0.728. The first kappa shape index (κ1) is 14.5. The highest BCUT2D eigenvalue weighted by molar-refractivity contribution is 6.56. The second kappa shape index (κ2) is 5.07. The Morgan fingerprint density at radius 2 is 1.76 bits per heavy atom. The number of hydrogen-bond donors (Lipinski definition) is 0. The summed E-state index contributed by atoms with van der Waals surface area (Å²) < 4.78 is 23.1. The average molecular weight is 288 g/mol. The largest absolute Gasteiger partial charge is 0.495 e. The molecule has 5 heteroatoms. The Labute approximate surface area is 126 Å². The van der Waals surface area contributed by atoms with Gasteiger partial charge in [-0.25, -0.2) is 0 Å². The summed E-state index contributed by atoms with van der Waals surface area (Å²) in [4.78, 5) is 0. The predicted molar refractivity (Wildman–Crippen MR) is 80.9 cm³/mol. The molecule has 3 rings (SSSR count). The van der Waals surface area contributed by atoms with Crippen molar-refractivity contribution in [2.24, 2.45) is 0 Å². The Morgan fingerprint density at radius 1 is 1.05 bits per heavy atom. The lowest BCUT2D eigenvalue weighted by Crippen LogP contribution is -2.41. The van der Waals surface area contributed by atoms with Crippen molar-refractivity contribution in [3.8, 4) is 0 Å². The Balaban J connectivity index is 1.93. The molecule has 0 aromatic heterocycles. The van der Waals surface area contributed by atoms with Crippen molar-refractivity contribution in [1.82, 2.24) is 0 Å². The fourth-order valence-electron chi connectivity index (χ4n) is 2.54. The van der Waals surface area contributed by atoms with Crippen LogP contribution < -0.4 is 0 Å². The maximum atomic E-state index is 6.15. The van der Waals surface area contributed by atoms with Crippen LogP contribution in [0.1, 0.15) is 40.5 Å². The van der Waals surface area contributed by atoms with Crippen molar-refractivity contribution in [1.29, 1.82) is 0 Å². The van der Waals surface area contributed by atoms with Crippen molar-refractivity contribution in [3.63, 3.8) is 0 Å². The average Bonchev–Trinajstić information content (AvgIpc) is 2.68. The molecule has 0 aromatic rings. The molecule has 0 unspecified atom stereocenters. The third kappa shape index (κ3) is 2.56. The Hall–Kier alpha value is -1.46. The van der Waals surface area contributed by atoms with Gasteiger partial charge >= 0.3 is 7.12 Å². The van der Waals surface area contributed by atoms with Gasteiger partial charge in [0.1, 0.15) is 18.8 Å². The highest BCUT2D eigenvalue weighted by atomic mass is 16.7. The summed E-state index contributed by atoms with van der Waals surface area (Å²) in [6.07, 6.45) is 10.8. The van der Waals surface area contributed by atoms with Crippen LogP contribution in [0.5, 0.6) is 0 Å². The fourth-order valence-corrected chi connectivity index (χ4v) is 2.54. The summed E-state index contributed by atoms with van der Waals surface area (Å²) in [5, 5.41) is 0. The molecule has 1 fully saturated rings. The van der Waals surface area contributed by atoms with Crippen LogP contribution in [0.2, 0.25) is 0 Å². The maximum Gasteiger partial charge on any atom is 0.495 e. The normalized spacial score (nSPS) is 26.5. The summed E-state index contributed by atoms with van der Waals surface area (Å²) in [6, 6.07) is 0. The van der Waals surface area contributed by atoms with Gasteiger partial charge in [0.25, 0.3) is 0 Å². The van der Waals surface area contributed by atoms with Crippen LogP contribution in [-0.2, 0) is 18.8 Å². The number of allylic oxidation sites excluding steroid dienone is 4. The second-order valence-corrected chi connectivity index (χ2v) is 6.47. The molecule has 0 atom stereocenters. The van der Waals surface area contributed by atoms with E-state index >= 15 is 0 Å². The van der Waals surface area contributed by atoms with Crippen LogP contribution in [0.25, 0.3) is 0 Å². The third-order valence-electron chi connectivity index (χ3n) is 4.52. The van der Waals surface area contributed by atoms with Crippen LogP contribution in [0, 0.1) is 0 Å². The van der Waals surface area contributed by atoms with Crippen molar-refractivity contribution < 1.29 is 18.8 Å². The van der Waals surface area contributed by atoms with Crippen LogP contribution in [0.15, 0.2) is 47.7 Å². The highest BCUT2D eigenvalue weighted by Crippen LogP contribution is 2.41. The standard InChI is InChI=1S/C16H21BO4/c1-15(2)16(3,4)21-17(20-15)13-8-6-5-7-12(13)14-11-18-9-10-19-14/h6,8-11H,5,7H2,1-4H3. The van der Waals surface area contributed by atoms with Gasteiger partial charge in [0, 0.05) is 0 Å². The fraction of sp³-hybridized carbons (Fsp3) is 0.500. The molecule has 3 aliphatic rings. The molecule has 1 saturated heterocycles. The molecule has 2 heterocycles. The molecule has 112 valence electrons. The summed E-state index contributed by atoms with van der Waals surface area (Å²) in [5.41, 5.74) is 1.41. The lowest BCUT2D eigenvalue weighted by atomic mass is 9.72. The van der Waals surface area contributed by atoms with E-state index in [0.29, 0.717) is 0 Å². The lowest BCUT2D eigenvalue weighted by molar-refractivity contribution is 0.00578. The smallest absolute Gasteiger partial charge is 0.466 e. The van der Waals surface area contributed by atoms with Gasteiger partial charge in [-0.05, 0) is 51.6 Å². The van der Waals surface area contributed by atoms with E-state index in [2.05, 4.69) is 39.8 Å². The number of ether oxygens (including phenoxy) is 2. The van der Waals surface area contributed by atoms with Gasteiger partial charge in [0.05, 0.1) is 11.2 Å². The zero-order chi connectivity index (χ0) is 15.1. The second-order valence-electron chi connectivity index (χ2n) is 6.47. The maximum absolute atomic E-state index is 6.15. The van der Waals surface area contributed by atoms with Gasteiger partial charge in [-0.3, -0.25) is 0 Å². The van der Waals surface area contributed by atoms with Crippen LogP contribution >= 0.6 is 0 Å². The van der Waals surface area contributed by atoms with E-state index < -0.39 is 0 Å². The van der Waals surface area contributed by atoms with Crippen LogP contribution in [0.4, 0.5) is 0 Å². The molecule has 0 radical (unpaired) electrons. The molecule has 0 bridgehead atoms. The molecule has 0 saturated carbocycles. The van der Waals surface area contributed by atoms with Crippen molar-refractivity contribution >= 4 is 7.12 Å². The Bertz CT molecular complexity index is 539. The zero-order valence-electron chi connectivity index (χ0n) is 13.0. The van der Waals surface area contributed by atoms with Gasteiger partial charge in [-0.15, -0.1) is 0 Å². The minimum Gasteiger partial charge on any atom is -0.466 e. The van der Waals surface area contributed by atoms with Gasteiger partial charge in [0.2, 0.25) is 0 Å². The molecule has 4 nitrogen and oxygen atoms in total. The molecule has 0 N–H and O–H groups in total.